The summed E-state index contributed by atoms with van der Waals surface area (Å²) < 4.78 is 0. The monoisotopic (exact) mass is 290 g/mol. The van der Waals surface area contributed by atoms with E-state index < -0.39 is 18.0 Å². The van der Waals surface area contributed by atoms with Gasteiger partial charge in [-0.15, -0.1) is 12.3 Å². The van der Waals surface area contributed by atoms with Crippen molar-refractivity contribution < 1.29 is 24.6 Å². The van der Waals surface area contributed by atoms with Crippen LogP contribution in [0.4, 0.5) is 10.5 Å². The number of terminal acetylenes is 1. The lowest BCUT2D eigenvalue weighted by atomic mass is 10.1. The number of carboxylic acid groups (broad SMARTS) is 2. The van der Waals surface area contributed by atoms with Gasteiger partial charge < -0.3 is 20.8 Å². The molecule has 110 valence electrons. The van der Waals surface area contributed by atoms with Crippen LogP contribution in [0.1, 0.15) is 34.1 Å². The average Bonchev–Trinajstić information content (AvgIpc) is 2.37. The van der Waals surface area contributed by atoms with E-state index in [9.17, 15) is 14.4 Å². The van der Waals surface area contributed by atoms with Crippen LogP contribution < -0.4 is 10.6 Å². The molecule has 0 aliphatic carbocycles. The molecule has 7 heteroatoms. The molecule has 2 amide bonds. The molecular formula is C14H14N2O5. The molecule has 0 radical (unpaired) electrons. The van der Waals surface area contributed by atoms with Crippen molar-refractivity contribution in [3.05, 3.63) is 29.3 Å². The quantitative estimate of drug-likeness (QED) is 0.615. The Bertz CT molecular complexity index is 586. The number of anilines is 1. The molecule has 21 heavy (non-hydrogen) atoms. The molecule has 0 aromatic heterocycles. The van der Waals surface area contributed by atoms with Gasteiger partial charge in [0.2, 0.25) is 0 Å². The number of nitrogens with one attached hydrogen (secondary N) is 2. The predicted molar refractivity (Wildman–Crippen MR) is 75.4 cm³/mol. The summed E-state index contributed by atoms with van der Waals surface area (Å²) >= 11 is 0. The summed E-state index contributed by atoms with van der Waals surface area (Å²) in [7, 11) is 0. The van der Waals surface area contributed by atoms with Crippen molar-refractivity contribution in [3.63, 3.8) is 0 Å². The molecule has 0 saturated carbocycles. The molecule has 0 aliphatic heterocycles. The number of aromatic carboxylic acids is 2. The van der Waals surface area contributed by atoms with E-state index >= 15 is 0 Å². The number of rotatable bonds is 5. The highest BCUT2D eigenvalue weighted by molar-refractivity contribution is 5.98. The Balaban J connectivity index is 2.92. The highest BCUT2D eigenvalue weighted by Crippen LogP contribution is 2.15. The van der Waals surface area contributed by atoms with Gasteiger partial charge in [-0.1, -0.05) is 0 Å². The van der Waals surface area contributed by atoms with E-state index in [1.165, 1.54) is 12.1 Å². The van der Waals surface area contributed by atoms with Crippen LogP contribution in [0.2, 0.25) is 0 Å². The van der Waals surface area contributed by atoms with Crippen LogP contribution >= 0.6 is 0 Å². The van der Waals surface area contributed by atoms with Crippen molar-refractivity contribution in [1.82, 2.24) is 5.32 Å². The van der Waals surface area contributed by atoms with Gasteiger partial charge in [0.25, 0.3) is 0 Å². The maximum atomic E-state index is 11.7. The third kappa shape index (κ3) is 4.87. The second-order valence-electron chi connectivity index (χ2n) is 4.32. The van der Waals surface area contributed by atoms with E-state index in [2.05, 4.69) is 16.6 Å². The number of hydrogen-bond donors (Lipinski definition) is 4. The first-order chi connectivity index (χ1) is 9.83. The average molecular weight is 290 g/mol. The van der Waals surface area contributed by atoms with Crippen molar-refractivity contribution in [3.8, 4) is 12.3 Å². The predicted octanol–water partition coefficient (Wildman–Crippen LogP) is 1.62. The fourth-order valence-corrected chi connectivity index (χ4v) is 1.57. The number of amides is 2. The van der Waals surface area contributed by atoms with Crippen LogP contribution in [0.5, 0.6) is 0 Å². The fraction of sp³-hybridized carbons (Fsp3) is 0.214. The molecule has 0 spiro atoms. The van der Waals surface area contributed by atoms with Crippen LogP contribution in [0, 0.1) is 12.3 Å². The zero-order valence-corrected chi connectivity index (χ0v) is 11.2. The van der Waals surface area contributed by atoms with Crippen LogP contribution in [-0.4, -0.2) is 34.2 Å². The minimum atomic E-state index is -1.29. The molecule has 1 unspecified atom stereocenters. The topological polar surface area (TPSA) is 116 Å². The molecule has 0 aliphatic rings. The Labute approximate surface area is 121 Å². The minimum absolute atomic E-state index is 0.0673. The number of hydrogen-bond acceptors (Lipinski definition) is 3. The Morgan fingerprint density at radius 2 is 1.71 bits per heavy atom. The van der Waals surface area contributed by atoms with Crippen molar-refractivity contribution in [2.45, 2.75) is 19.4 Å². The lowest BCUT2D eigenvalue weighted by Gasteiger charge is -2.13. The van der Waals surface area contributed by atoms with Gasteiger partial charge in [0, 0.05) is 18.2 Å². The fourth-order valence-electron chi connectivity index (χ4n) is 1.57. The second-order valence-corrected chi connectivity index (χ2v) is 4.32. The number of urea groups is 1. The van der Waals surface area contributed by atoms with E-state index in [1.807, 2.05) is 0 Å². The molecule has 0 fully saturated rings. The first-order valence-electron chi connectivity index (χ1n) is 5.96. The van der Waals surface area contributed by atoms with E-state index in [1.54, 1.807) is 6.92 Å². The van der Waals surface area contributed by atoms with Gasteiger partial charge in [-0.2, -0.15) is 0 Å². The van der Waals surface area contributed by atoms with Crippen molar-refractivity contribution >= 4 is 23.7 Å². The zero-order valence-electron chi connectivity index (χ0n) is 11.2. The van der Waals surface area contributed by atoms with Gasteiger partial charge in [0.1, 0.15) is 0 Å². The summed E-state index contributed by atoms with van der Waals surface area (Å²) in [4.78, 5) is 33.5. The Morgan fingerprint density at radius 1 is 1.19 bits per heavy atom. The van der Waals surface area contributed by atoms with Gasteiger partial charge in [-0.05, 0) is 25.1 Å². The standard InChI is InChI=1S/C14H14N2O5/c1-3-4-8(2)15-14(21)16-11-6-9(12(17)18)5-10(7-11)13(19)20/h1,5-8H,4H2,2H3,(H,17,18)(H,19,20)(H2,15,16,21). The first kappa shape index (κ1) is 16.0. The molecule has 7 nitrogen and oxygen atoms in total. The molecule has 1 aromatic rings. The summed E-state index contributed by atoms with van der Waals surface area (Å²) in [5.74, 6) is -0.192. The van der Waals surface area contributed by atoms with Gasteiger partial charge >= 0.3 is 18.0 Å². The Morgan fingerprint density at radius 3 is 2.14 bits per heavy atom. The molecule has 0 saturated heterocycles. The number of carbonyl (C=O) groups is 3. The normalized spacial score (nSPS) is 11.0. The Hall–Kier alpha value is -3.01. The van der Waals surface area contributed by atoms with Crippen LogP contribution in [0.3, 0.4) is 0 Å². The maximum Gasteiger partial charge on any atom is 0.335 e. The van der Waals surface area contributed by atoms with Crippen molar-refractivity contribution in [1.29, 1.82) is 0 Å². The zero-order chi connectivity index (χ0) is 16.0. The number of carboxylic acids is 2. The molecule has 1 rings (SSSR count). The summed E-state index contributed by atoms with van der Waals surface area (Å²) in [5.41, 5.74) is -0.401. The van der Waals surface area contributed by atoms with E-state index in [-0.39, 0.29) is 22.9 Å². The molecule has 4 N–H and O–H groups in total. The molecular weight excluding hydrogens is 276 g/mol. The lowest BCUT2D eigenvalue weighted by Crippen LogP contribution is -2.35. The van der Waals surface area contributed by atoms with Gasteiger partial charge in [-0.25, -0.2) is 14.4 Å². The van der Waals surface area contributed by atoms with Gasteiger partial charge in [0.15, 0.2) is 0 Å². The Kier molecular flexibility index (Phi) is 5.31. The minimum Gasteiger partial charge on any atom is -0.478 e. The SMILES string of the molecule is C#CCC(C)NC(=O)Nc1cc(C(=O)O)cc(C(=O)O)c1. The third-order valence-corrected chi connectivity index (χ3v) is 2.49. The molecule has 1 aromatic carbocycles. The van der Waals surface area contributed by atoms with Gasteiger partial charge in [0.05, 0.1) is 11.1 Å². The highest BCUT2D eigenvalue weighted by atomic mass is 16.4. The smallest absolute Gasteiger partial charge is 0.335 e. The summed E-state index contributed by atoms with van der Waals surface area (Å²) in [6.45, 7) is 1.70. The third-order valence-electron chi connectivity index (χ3n) is 2.49. The molecule has 0 heterocycles. The first-order valence-corrected chi connectivity index (χ1v) is 5.96. The molecule has 1 atom stereocenters. The van der Waals surface area contributed by atoms with E-state index in [0.29, 0.717) is 6.42 Å². The van der Waals surface area contributed by atoms with Crippen molar-refractivity contribution in [2.24, 2.45) is 0 Å². The summed E-state index contributed by atoms with van der Waals surface area (Å²) in [6.07, 6.45) is 5.45. The largest absolute Gasteiger partial charge is 0.478 e. The summed E-state index contributed by atoms with van der Waals surface area (Å²) in [6, 6.07) is 2.48. The number of carbonyl (C=O) groups excluding carboxylic acids is 1. The van der Waals surface area contributed by atoms with E-state index in [4.69, 9.17) is 16.6 Å². The van der Waals surface area contributed by atoms with Crippen LogP contribution in [-0.2, 0) is 0 Å². The van der Waals surface area contributed by atoms with Crippen LogP contribution in [0.25, 0.3) is 0 Å². The van der Waals surface area contributed by atoms with Gasteiger partial charge in [-0.3, -0.25) is 0 Å². The highest BCUT2D eigenvalue weighted by Gasteiger charge is 2.13. The molecule has 0 bridgehead atoms. The van der Waals surface area contributed by atoms with Crippen LogP contribution in [0.15, 0.2) is 18.2 Å². The number of benzene rings is 1. The second kappa shape index (κ2) is 6.96. The van der Waals surface area contributed by atoms with E-state index in [0.717, 1.165) is 6.07 Å². The van der Waals surface area contributed by atoms with Crippen molar-refractivity contribution in [2.75, 3.05) is 5.32 Å². The summed E-state index contributed by atoms with van der Waals surface area (Å²) in [5, 5.41) is 22.8. The lowest BCUT2D eigenvalue weighted by molar-refractivity contribution is 0.0696. The maximum absolute atomic E-state index is 11.7.